The number of amides is 1. The Morgan fingerprint density at radius 2 is 1.80 bits per heavy atom. The van der Waals surface area contributed by atoms with Crippen molar-refractivity contribution in [3.8, 4) is 0 Å². The number of ether oxygens (including phenoxy) is 1. The molecule has 0 bridgehead atoms. The van der Waals surface area contributed by atoms with Crippen LogP contribution in [0.15, 0.2) is 42.0 Å². The van der Waals surface area contributed by atoms with Crippen molar-refractivity contribution in [2.45, 2.75) is 26.8 Å². The molecule has 0 aromatic heterocycles. The summed E-state index contributed by atoms with van der Waals surface area (Å²) in [5, 5.41) is 2.86. The van der Waals surface area contributed by atoms with Gasteiger partial charge in [0.1, 0.15) is 0 Å². The highest BCUT2D eigenvalue weighted by Gasteiger charge is 2.27. The number of esters is 1. The van der Waals surface area contributed by atoms with Gasteiger partial charge < -0.3 is 10.1 Å². The van der Waals surface area contributed by atoms with E-state index in [9.17, 15) is 9.59 Å². The normalized spacial score (nSPS) is 13.0. The van der Waals surface area contributed by atoms with Crippen molar-refractivity contribution in [1.82, 2.24) is 5.32 Å². The minimum atomic E-state index is -0.461. The van der Waals surface area contributed by atoms with Gasteiger partial charge in [0.2, 0.25) is 5.91 Å². The summed E-state index contributed by atoms with van der Waals surface area (Å²) >= 11 is 0. The van der Waals surface area contributed by atoms with E-state index in [1.54, 1.807) is 6.92 Å². The summed E-state index contributed by atoms with van der Waals surface area (Å²) in [6.07, 6.45) is 1.51. The molecule has 1 rings (SSSR count). The summed E-state index contributed by atoms with van der Waals surface area (Å²) in [5.41, 5.74) is 1.78. The molecule has 0 heterocycles. The van der Waals surface area contributed by atoms with Crippen LogP contribution in [0.5, 0.6) is 0 Å². The number of carbonyl (C=O) groups excluding carboxylic acids is 2. The van der Waals surface area contributed by atoms with Gasteiger partial charge in [0.05, 0.1) is 19.1 Å². The van der Waals surface area contributed by atoms with E-state index in [4.69, 9.17) is 4.74 Å². The Morgan fingerprint density at radius 1 is 1.20 bits per heavy atom. The summed E-state index contributed by atoms with van der Waals surface area (Å²) in [7, 11) is 1.35. The van der Waals surface area contributed by atoms with Gasteiger partial charge >= 0.3 is 5.97 Å². The zero-order valence-corrected chi connectivity index (χ0v) is 12.3. The Balaban J connectivity index is 2.99. The molecule has 1 aromatic carbocycles. The topological polar surface area (TPSA) is 55.4 Å². The number of hydrogen-bond donors (Lipinski definition) is 1. The second-order valence-electron chi connectivity index (χ2n) is 4.93. The molecule has 0 saturated heterocycles. The maximum atomic E-state index is 11.9. The zero-order valence-electron chi connectivity index (χ0n) is 12.3. The quantitative estimate of drug-likeness (QED) is 0.664. The Bertz CT molecular complexity index is 490. The smallest absolute Gasteiger partial charge is 0.310 e. The Hall–Kier alpha value is -2.10. The predicted octanol–water partition coefficient (Wildman–Crippen LogP) is 2.62. The number of carbonyl (C=O) groups is 2. The lowest BCUT2D eigenvalue weighted by atomic mass is 9.94. The first kappa shape index (κ1) is 16.0. The van der Waals surface area contributed by atoms with Gasteiger partial charge in [-0.3, -0.25) is 9.59 Å². The molecule has 0 aliphatic rings. The third-order valence-corrected chi connectivity index (χ3v) is 2.95. The van der Waals surface area contributed by atoms with Crippen molar-refractivity contribution in [3.63, 3.8) is 0 Å². The van der Waals surface area contributed by atoms with E-state index in [0.717, 1.165) is 11.1 Å². The predicted molar refractivity (Wildman–Crippen MR) is 77.9 cm³/mol. The molecule has 0 aliphatic carbocycles. The van der Waals surface area contributed by atoms with Crippen LogP contribution in [0.4, 0.5) is 0 Å². The molecule has 0 saturated carbocycles. The molecule has 108 valence electrons. The second kappa shape index (κ2) is 7.48. The van der Waals surface area contributed by atoms with Gasteiger partial charge in [-0.2, -0.15) is 0 Å². The summed E-state index contributed by atoms with van der Waals surface area (Å²) in [5.74, 6) is -1.03. The third-order valence-electron chi connectivity index (χ3n) is 2.95. The number of rotatable bonds is 5. The highest BCUT2D eigenvalue weighted by atomic mass is 16.5. The van der Waals surface area contributed by atoms with Gasteiger partial charge in [-0.15, -0.1) is 0 Å². The first-order valence-corrected chi connectivity index (χ1v) is 6.54. The summed E-state index contributed by atoms with van der Waals surface area (Å²) in [6.45, 7) is 5.44. The van der Waals surface area contributed by atoms with Gasteiger partial charge in [-0.1, -0.05) is 35.9 Å². The Kier molecular flexibility index (Phi) is 5.97. The van der Waals surface area contributed by atoms with Crippen LogP contribution in [-0.4, -0.2) is 19.0 Å². The summed E-state index contributed by atoms with van der Waals surface area (Å²) < 4.78 is 4.77. The molecule has 0 unspecified atom stereocenters. The van der Waals surface area contributed by atoms with Crippen LogP contribution in [0.3, 0.4) is 0 Å². The van der Waals surface area contributed by atoms with Crippen molar-refractivity contribution in [2.75, 3.05) is 7.11 Å². The maximum Gasteiger partial charge on any atom is 0.310 e. The van der Waals surface area contributed by atoms with E-state index in [1.165, 1.54) is 13.2 Å². The standard InChI is InChI=1S/C16H21NO3/c1-11(2)10-14(18)17-15(12(3)16(19)20-4)13-8-6-5-7-9-13/h5-10,12,15H,1-4H3,(H,17,18)/t12-,15-/m1/s1. The minimum absolute atomic E-state index is 0.213. The van der Waals surface area contributed by atoms with Gasteiger partial charge in [0, 0.05) is 6.08 Å². The van der Waals surface area contributed by atoms with Crippen LogP contribution in [0.2, 0.25) is 0 Å². The van der Waals surface area contributed by atoms with Gasteiger partial charge in [0.15, 0.2) is 0 Å². The number of benzene rings is 1. The van der Waals surface area contributed by atoms with E-state index in [2.05, 4.69) is 5.32 Å². The van der Waals surface area contributed by atoms with Crippen LogP contribution in [-0.2, 0) is 14.3 Å². The highest BCUT2D eigenvalue weighted by Crippen LogP contribution is 2.23. The second-order valence-corrected chi connectivity index (χ2v) is 4.93. The number of nitrogens with one attached hydrogen (secondary N) is 1. The number of methoxy groups -OCH3 is 1. The fourth-order valence-corrected chi connectivity index (χ4v) is 1.94. The molecular formula is C16H21NO3. The van der Waals surface area contributed by atoms with Crippen molar-refractivity contribution < 1.29 is 14.3 Å². The average Bonchev–Trinajstić information content (AvgIpc) is 2.43. The van der Waals surface area contributed by atoms with Crippen LogP contribution in [0, 0.1) is 5.92 Å². The largest absolute Gasteiger partial charge is 0.469 e. The minimum Gasteiger partial charge on any atom is -0.469 e. The van der Waals surface area contributed by atoms with Crippen LogP contribution >= 0.6 is 0 Å². The Morgan fingerprint density at radius 3 is 2.30 bits per heavy atom. The first-order chi connectivity index (χ1) is 9.45. The van der Waals surface area contributed by atoms with Gasteiger partial charge in [-0.25, -0.2) is 0 Å². The monoisotopic (exact) mass is 275 g/mol. The maximum absolute atomic E-state index is 11.9. The van der Waals surface area contributed by atoms with Crippen molar-refractivity contribution in [1.29, 1.82) is 0 Å². The van der Waals surface area contributed by atoms with E-state index >= 15 is 0 Å². The average molecular weight is 275 g/mol. The number of allylic oxidation sites excluding steroid dienone is 1. The molecule has 4 heteroatoms. The lowest BCUT2D eigenvalue weighted by Crippen LogP contribution is -2.35. The van der Waals surface area contributed by atoms with Crippen molar-refractivity contribution >= 4 is 11.9 Å². The van der Waals surface area contributed by atoms with E-state index in [1.807, 2.05) is 44.2 Å². The highest BCUT2D eigenvalue weighted by molar-refractivity contribution is 5.89. The molecule has 20 heavy (non-hydrogen) atoms. The lowest BCUT2D eigenvalue weighted by Gasteiger charge is -2.23. The van der Waals surface area contributed by atoms with E-state index in [-0.39, 0.29) is 11.9 Å². The molecular weight excluding hydrogens is 254 g/mol. The molecule has 1 aromatic rings. The Labute approximate surface area is 119 Å². The fraction of sp³-hybridized carbons (Fsp3) is 0.375. The number of hydrogen-bond acceptors (Lipinski definition) is 3. The molecule has 0 aliphatic heterocycles. The molecule has 4 nitrogen and oxygen atoms in total. The molecule has 1 amide bonds. The summed E-state index contributed by atoms with van der Waals surface area (Å²) in [4.78, 5) is 23.7. The molecule has 2 atom stereocenters. The van der Waals surface area contributed by atoms with Gasteiger partial charge in [0.25, 0.3) is 0 Å². The molecule has 0 radical (unpaired) electrons. The van der Waals surface area contributed by atoms with E-state index < -0.39 is 12.0 Å². The van der Waals surface area contributed by atoms with Crippen molar-refractivity contribution in [2.24, 2.45) is 5.92 Å². The molecule has 0 spiro atoms. The molecule has 0 fully saturated rings. The third kappa shape index (κ3) is 4.53. The fourth-order valence-electron chi connectivity index (χ4n) is 1.94. The molecule has 1 N–H and O–H groups in total. The van der Waals surface area contributed by atoms with Gasteiger partial charge in [-0.05, 0) is 26.3 Å². The summed E-state index contributed by atoms with van der Waals surface area (Å²) in [6, 6.07) is 8.99. The van der Waals surface area contributed by atoms with Crippen LogP contribution < -0.4 is 5.32 Å². The first-order valence-electron chi connectivity index (χ1n) is 6.54. The van der Waals surface area contributed by atoms with Crippen LogP contribution in [0.1, 0.15) is 32.4 Å². The van der Waals surface area contributed by atoms with Crippen LogP contribution in [0.25, 0.3) is 0 Å². The zero-order chi connectivity index (χ0) is 15.1. The van der Waals surface area contributed by atoms with E-state index in [0.29, 0.717) is 0 Å². The SMILES string of the molecule is COC(=O)[C@H](C)[C@@H](NC(=O)C=C(C)C)c1ccccc1. The van der Waals surface area contributed by atoms with Crippen molar-refractivity contribution in [3.05, 3.63) is 47.5 Å². The lowest BCUT2D eigenvalue weighted by molar-refractivity contribution is -0.146.